The summed E-state index contributed by atoms with van der Waals surface area (Å²) in [6, 6.07) is 3.57. The van der Waals surface area contributed by atoms with E-state index in [1.165, 1.54) is 0 Å². The lowest BCUT2D eigenvalue weighted by atomic mass is 10.0. The summed E-state index contributed by atoms with van der Waals surface area (Å²) in [5.41, 5.74) is 0.0114. The first-order valence-corrected chi connectivity index (χ1v) is 8.48. The molecule has 1 nitrogen and oxygen atoms in total. The van der Waals surface area contributed by atoms with Gasteiger partial charge in [0.25, 0.3) is 0 Å². The van der Waals surface area contributed by atoms with Crippen molar-refractivity contribution in [2.75, 3.05) is 0 Å². The second-order valence-corrected chi connectivity index (χ2v) is 6.09. The highest BCUT2D eigenvalue weighted by molar-refractivity contribution is 5.50. The molecule has 0 heterocycles. The Hall–Kier alpha value is -2.51. The number of aryl methyl sites for hydroxylation is 1. The molecule has 0 aromatic heterocycles. The van der Waals surface area contributed by atoms with E-state index in [1.807, 2.05) is 6.92 Å². The van der Waals surface area contributed by atoms with Crippen LogP contribution in [0.2, 0.25) is 0 Å². The van der Waals surface area contributed by atoms with Crippen LogP contribution in [0.4, 0.5) is 30.7 Å². The Morgan fingerprint density at radius 3 is 1.93 bits per heavy atom. The van der Waals surface area contributed by atoms with Crippen molar-refractivity contribution in [1.29, 1.82) is 0 Å². The number of benzene rings is 2. The lowest BCUT2D eigenvalue weighted by Crippen LogP contribution is -2.19. The largest absolute Gasteiger partial charge is 0.573 e. The van der Waals surface area contributed by atoms with Crippen molar-refractivity contribution in [3.05, 3.63) is 70.3 Å². The molecule has 0 spiro atoms. The molecule has 0 atom stereocenters. The van der Waals surface area contributed by atoms with E-state index in [2.05, 4.69) is 4.74 Å². The molecule has 8 heteroatoms. The van der Waals surface area contributed by atoms with Crippen molar-refractivity contribution < 1.29 is 35.5 Å². The molecule has 0 aliphatic rings. The predicted octanol–water partition coefficient (Wildman–Crippen LogP) is 6.74. The van der Waals surface area contributed by atoms with Crippen molar-refractivity contribution >= 4 is 6.08 Å². The normalized spacial score (nSPS) is 12.0. The van der Waals surface area contributed by atoms with Crippen molar-refractivity contribution in [3.63, 3.8) is 0 Å². The first-order chi connectivity index (χ1) is 13.1. The van der Waals surface area contributed by atoms with E-state index in [1.54, 1.807) is 12.2 Å². The molecule has 0 aliphatic carbocycles. The Labute approximate surface area is 157 Å². The fraction of sp³-hybridized carbons (Fsp3) is 0.300. The molecular weight excluding hydrogens is 389 g/mol. The third kappa shape index (κ3) is 6.00. The van der Waals surface area contributed by atoms with Gasteiger partial charge in [0, 0.05) is 5.56 Å². The van der Waals surface area contributed by atoms with Crippen LogP contribution in [0.5, 0.6) is 5.75 Å². The number of ether oxygens (including phenoxy) is 1. The molecule has 0 aliphatic heterocycles. The van der Waals surface area contributed by atoms with Gasteiger partial charge in [-0.25, -0.2) is 17.6 Å². The molecule has 0 unspecified atom stereocenters. The van der Waals surface area contributed by atoms with Crippen LogP contribution in [0, 0.1) is 23.3 Å². The van der Waals surface area contributed by atoms with Crippen molar-refractivity contribution in [3.8, 4) is 5.75 Å². The summed E-state index contributed by atoms with van der Waals surface area (Å²) in [6.07, 6.45) is -0.639. The number of unbranched alkanes of at least 4 members (excludes halogenated alkanes) is 1. The zero-order valence-electron chi connectivity index (χ0n) is 14.8. The van der Waals surface area contributed by atoms with E-state index in [4.69, 9.17) is 0 Å². The molecule has 0 fully saturated rings. The van der Waals surface area contributed by atoms with Gasteiger partial charge in [0.15, 0.2) is 11.6 Å². The molecule has 0 radical (unpaired) electrons. The Bertz CT molecular complexity index is 810. The van der Waals surface area contributed by atoms with E-state index < -0.39 is 35.4 Å². The zero-order valence-corrected chi connectivity index (χ0v) is 14.8. The summed E-state index contributed by atoms with van der Waals surface area (Å²) in [6.45, 7) is 1.96. The Morgan fingerprint density at radius 1 is 0.857 bits per heavy atom. The highest BCUT2D eigenvalue weighted by atomic mass is 19.4. The molecular formula is C20H17F7O. The number of hydrogen-bond acceptors (Lipinski definition) is 1. The van der Waals surface area contributed by atoms with E-state index >= 15 is 0 Å². The average molecular weight is 406 g/mol. The number of alkyl halides is 3. The topological polar surface area (TPSA) is 9.23 Å². The van der Waals surface area contributed by atoms with Crippen molar-refractivity contribution in [2.45, 2.75) is 39.0 Å². The summed E-state index contributed by atoms with van der Waals surface area (Å²) in [7, 11) is 0. The van der Waals surface area contributed by atoms with Gasteiger partial charge in [0.05, 0.1) is 0 Å². The fourth-order valence-corrected chi connectivity index (χ4v) is 2.58. The second-order valence-electron chi connectivity index (χ2n) is 6.09. The minimum absolute atomic E-state index is 0.0600. The average Bonchev–Trinajstić information content (AvgIpc) is 2.57. The van der Waals surface area contributed by atoms with Crippen LogP contribution in [-0.2, 0) is 12.8 Å². The summed E-state index contributed by atoms with van der Waals surface area (Å²) < 4.78 is 95.5. The lowest BCUT2D eigenvalue weighted by Gasteiger charge is -2.12. The predicted molar refractivity (Wildman–Crippen MR) is 90.7 cm³/mol. The van der Waals surface area contributed by atoms with Crippen LogP contribution in [0.15, 0.2) is 30.3 Å². The molecule has 2 aromatic carbocycles. The maximum absolute atomic E-state index is 14.2. The first kappa shape index (κ1) is 21.8. The molecule has 28 heavy (non-hydrogen) atoms. The summed E-state index contributed by atoms with van der Waals surface area (Å²) in [5, 5.41) is 0. The molecule has 0 saturated heterocycles. The zero-order chi connectivity index (χ0) is 20.9. The molecule has 0 amide bonds. The van der Waals surface area contributed by atoms with Crippen LogP contribution < -0.4 is 4.74 Å². The Morgan fingerprint density at radius 2 is 1.43 bits per heavy atom. The van der Waals surface area contributed by atoms with Crippen LogP contribution in [0.25, 0.3) is 6.08 Å². The maximum Gasteiger partial charge on any atom is 0.573 e. The second kappa shape index (κ2) is 9.12. The van der Waals surface area contributed by atoms with Gasteiger partial charge < -0.3 is 4.74 Å². The van der Waals surface area contributed by atoms with Gasteiger partial charge in [0.2, 0.25) is 5.75 Å². The highest BCUT2D eigenvalue weighted by Gasteiger charge is 2.34. The molecule has 0 N–H and O–H groups in total. The van der Waals surface area contributed by atoms with Gasteiger partial charge in [-0.05, 0) is 54.7 Å². The summed E-state index contributed by atoms with van der Waals surface area (Å²) >= 11 is 0. The maximum atomic E-state index is 14.2. The van der Waals surface area contributed by atoms with Gasteiger partial charge in [-0.2, -0.15) is 0 Å². The number of rotatable bonds is 7. The van der Waals surface area contributed by atoms with Gasteiger partial charge in [-0.1, -0.05) is 25.5 Å². The standard InChI is InChI=1S/C20H17F7O/c1-2-3-4-5-12-8-15(21)14(16(22)9-12)7-6-13-10-17(23)19(18(24)11-13)28-20(25,26)27/h4-5,8-11H,2-3,6-7H2,1H3. The van der Waals surface area contributed by atoms with Crippen LogP contribution in [0.1, 0.15) is 36.5 Å². The smallest absolute Gasteiger partial charge is 0.399 e. The van der Waals surface area contributed by atoms with Crippen LogP contribution in [0.3, 0.4) is 0 Å². The minimum Gasteiger partial charge on any atom is -0.399 e. The molecule has 152 valence electrons. The van der Waals surface area contributed by atoms with E-state index in [0.717, 1.165) is 25.0 Å². The van der Waals surface area contributed by atoms with Crippen molar-refractivity contribution in [1.82, 2.24) is 0 Å². The van der Waals surface area contributed by atoms with Crippen LogP contribution in [-0.4, -0.2) is 6.36 Å². The first-order valence-electron chi connectivity index (χ1n) is 8.48. The third-order valence-electron chi connectivity index (χ3n) is 3.87. The number of halogens is 7. The monoisotopic (exact) mass is 406 g/mol. The SMILES string of the molecule is CCCC=Cc1cc(F)c(CCc2cc(F)c(OC(F)(F)F)c(F)c2)c(F)c1. The number of hydrogen-bond donors (Lipinski definition) is 0. The van der Waals surface area contributed by atoms with Gasteiger partial charge >= 0.3 is 6.36 Å². The van der Waals surface area contributed by atoms with E-state index in [-0.39, 0.29) is 24.0 Å². The highest BCUT2D eigenvalue weighted by Crippen LogP contribution is 2.30. The van der Waals surface area contributed by atoms with Gasteiger partial charge in [0.1, 0.15) is 11.6 Å². The van der Waals surface area contributed by atoms with E-state index in [9.17, 15) is 30.7 Å². The molecule has 2 rings (SSSR count). The van der Waals surface area contributed by atoms with Gasteiger partial charge in [-0.3, -0.25) is 0 Å². The molecule has 2 aromatic rings. The lowest BCUT2D eigenvalue weighted by molar-refractivity contribution is -0.276. The molecule has 0 bridgehead atoms. The summed E-state index contributed by atoms with van der Waals surface area (Å²) in [5.74, 6) is -6.30. The number of allylic oxidation sites excluding steroid dienone is 1. The van der Waals surface area contributed by atoms with Gasteiger partial charge in [-0.15, -0.1) is 13.2 Å². The summed E-state index contributed by atoms with van der Waals surface area (Å²) in [4.78, 5) is 0. The van der Waals surface area contributed by atoms with Crippen molar-refractivity contribution in [2.24, 2.45) is 0 Å². The quantitative estimate of drug-likeness (QED) is 0.463. The van der Waals surface area contributed by atoms with E-state index in [0.29, 0.717) is 17.7 Å². The minimum atomic E-state index is -5.25. The fourth-order valence-electron chi connectivity index (χ4n) is 2.58. The third-order valence-corrected chi connectivity index (χ3v) is 3.87. The van der Waals surface area contributed by atoms with Crippen LogP contribution >= 0.6 is 0 Å². The molecule has 0 saturated carbocycles. The Kier molecular flexibility index (Phi) is 7.10. The Balaban J connectivity index is 2.16.